The Hall–Kier alpha value is -1.64. The number of aromatic nitrogens is 1. The Bertz CT molecular complexity index is 490. The summed E-state index contributed by atoms with van der Waals surface area (Å²) in [5, 5.41) is 0. The minimum atomic E-state index is -0.426. The van der Waals surface area contributed by atoms with Gasteiger partial charge in [-0.3, -0.25) is 0 Å². The first-order valence-electron chi connectivity index (χ1n) is 7.44. The van der Waals surface area contributed by atoms with E-state index in [-0.39, 0.29) is 5.92 Å². The van der Waals surface area contributed by atoms with E-state index in [0.29, 0.717) is 23.3 Å². The summed E-state index contributed by atoms with van der Waals surface area (Å²) in [6.45, 7) is 12.2. The van der Waals surface area contributed by atoms with Crippen molar-refractivity contribution in [2.24, 2.45) is 11.8 Å². The summed E-state index contributed by atoms with van der Waals surface area (Å²) in [7, 11) is 1.59. The van der Waals surface area contributed by atoms with Gasteiger partial charge in [0.2, 0.25) is 5.95 Å². The first kappa shape index (κ1) is 17.4. The summed E-state index contributed by atoms with van der Waals surface area (Å²) < 4.78 is 18.7. The molecule has 0 aliphatic heterocycles. The maximum absolute atomic E-state index is 13.6. The van der Waals surface area contributed by atoms with Crippen LogP contribution in [0.3, 0.4) is 0 Å². The van der Waals surface area contributed by atoms with Crippen molar-refractivity contribution in [1.82, 2.24) is 4.98 Å². The molecular formula is C18H26FNO. The quantitative estimate of drug-likeness (QED) is 0.400. The van der Waals surface area contributed by atoms with Crippen LogP contribution in [-0.4, -0.2) is 12.1 Å². The SMILES string of the molecule is C=C(C=CC(c1cc(C)nc(F)c1)C(C)C(C)CC)OC. The lowest BCUT2D eigenvalue weighted by atomic mass is 9.78. The van der Waals surface area contributed by atoms with Gasteiger partial charge in [-0.05, 0) is 42.5 Å². The lowest BCUT2D eigenvalue weighted by molar-refractivity contribution is 0.307. The third-order valence-corrected chi connectivity index (χ3v) is 4.19. The Morgan fingerprint density at radius 1 is 1.43 bits per heavy atom. The van der Waals surface area contributed by atoms with Crippen LogP contribution in [0.2, 0.25) is 0 Å². The van der Waals surface area contributed by atoms with Crippen LogP contribution in [0, 0.1) is 24.7 Å². The minimum absolute atomic E-state index is 0.114. The van der Waals surface area contributed by atoms with E-state index in [1.54, 1.807) is 7.11 Å². The molecule has 0 radical (unpaired) electrons. The van der Waals surface area contributed by atoms with Gasteiger partial charge >= 0.3 is 0 Å². The van der Waals surface area contributed by atoms with Crippen molar-refractivity contribution in [3.8, 4) is 0 Å². The third kappa shape index (κ3) is 5.00. The normalized spacial score (nSPS) is 15.7. The van der Waals surface area contributed by atoms with E-state index in [1.165, 1.54) is 6.07 Å². The van der Waals surface area contributed by atoms with Crippen LogP contribution >= 0.6 is 0 Å². The highest BCUT2D eigenvalue weighted by Crippen LogP contribution is 2.33. The molecule has 1 rings (SSSR count). The lowest BCUT2D eigenvalue weighted by Gasteiger charge is -2.27. The number of pyridine rings is 1. The monoisotopic (exact) mass is 291 g/mol. The number of methoxy groups -OCH3 is 1. The average Bonchev–Trinajstić information content (AvgIpc) is 2.44. The number of halogens is 1. The number of aryl methyl sites for hydroxylation is 1. The van der Waals surface area contributed by atoms with E-state index in [2.05, 4.69) is 38.4 Å². The maximum Gasteiger partial charge on any atom is 0.213 e. The van der Waals surface area contributed by atoms with E-state index < -0.39 is 5.95 Å². The summed E-state index contributed by atoms with van der Waals surface area (Å²) in [6.07, 6.45) is 5.00. The van der Waals surface area contributed by atoms with Gasteiger partial charge in [0.25, 0.3) is 0 Å². The van der Waals surface area contributed by atoms with E-state index >= 15 is 0 Å². The fourth-order valence-electron chi connectivity index (χ4n) is 2.44. The van der Waals surface area contributed by atoms with Crippen LogP contribution in [0.25, 0.3) is 0 Å². The van der Waals surface area contributed by atoms with Crippen molar-refractivity contribution in [3.63, 3.8) is 0 Å². The molecule has 21 heavy (non-hydrogen) atoms. The number of ether oxygens (including phenoxy) is 1. The fourth-order valence-corrected chi connectivity index (χ4v) is 2.44. The van der Waals surface area contributed by atoms with Gasteiger partial charge in [-0.1, -0.05) is 39.8 Å². The van der Waals surface area contributed by atoms with Crippen LogP contribution in [0.1, 0.15) is 44.4 Å². The Morgan fingerprint density at radius 3 is 2.62 bits per heavy atom. The van der Waals surface area contributed by atoms with Crippen molar-refractivity contribution in [1.29, 1.82) is 0 Å². The first-order chi connectivity index (χ1) is 9.88. The highest BCUT2D eigenvalue weighted by molar-refractivity contribution is 5.27. The molecule has 2 nitrogen and oxygen atoms in total. The van der Waals surface area contributed by atoms with Gasteiger partial charge in [0.1, 0.15) is 5.76 Å². The van der Waals surface area contributed by atoms with Gasteiger partial charge in [-0.2, -0.15) is 4.39 Å². The standard InChI is InChI=1S/C18H26FNO/c1-7-12(2)15(5)17(9-8-14(4)21-6)16-10-13(3)20-18(19)11-16/h8-12,15,17H,4,7H2,1-3,5-6H3. The van der Waals surface area contributed by atoms with Crippen LogP contribution in [0.4, 0.5) is 4.39 Å². The van der Waals surface area contributed by atoms with E-state index in [4.69, 9.17) is 4.74 Å². The summed E-state index contributed by atoms with van der Waals surface area (Å²) in [5.41, 5.74) is 1.65. The van der Waals surface area contributed by atoms with Gasteiger partial charge in [0.15, 0.2) is 0 Å². The highest BCUT2D eigenvalue weighted by atomic mass is 19.1. The van der Waals surface area contributed by atoms with Crippen LogP contribution in [-0.2, 0) is 4.74 Å². The number of allylic oxidation sites excluding steroid dienone is 2. The smallest absolute Gasteiger partial charge is 0.213 e. The van der Waals surface area contributed by atoms with Crippen LogP contribution in [0.5, 0.6) is 0 Å². The molecule has 1 heterocycles. The number of rotatable bonds is 7. The summed E-state index contributed by atoms with van der Waals surface area (Å²) in [6, 6.07) is 3.48. The third-order valence-electron chi connectivity index (χ3n) is 4.19. The summed E-state index contributed by atoms with van der Waals surface area (Å²) in [5.74, 6) is 1.21. The molecule has 3 atom stereocenters. The van der Waals surface area contributed by atoms with Gasteiger partial charge in [0.05, 0.1) is 7.11 Å². The second-order valence-electron chi connectivity index (χ2n) is 5.66. The summed E-state index contributed by atoms with van der Waals surface area (Å²) >= 11 is 0. The average molecular weight is 291 g/mol. The zero-order valence-electron chi connectivity index (χ0n) is 13.7. The summed E-state index contributed by atoms with van der Waals surface area (Å²) in [4.78, 5) is 3.82. The molecule has 1 aromatic rings. The Labute approximate surface area is 127 Å². The number of hydrogen-bond acceptors (Lipinski definition) is 2. The van der Waals surface area contributed by atoms with Crippen LogP contribution in [0.15, 0.2) is 36.6 Å². The van der Waals surface area contributed by atoms with E-state index in [0.717, 1.165) is 12.0 Å². The first-order valence-corrected chi connectivity index (χ1v) is 7.44. The molecule has 0 spiro atoms. The maximum atomic E-state index is 13.6. The predicted molar refractivity (Wildman–Crippen MR) is 85.6 cm³/mol. The van der Waals surface area contributed by atoms with Crippen molar-refractivity contribution in [2.75, 3.05) is 7.11 Å². The molecular weight excluding hydrogens is 265 g/mol. The molecule has 0 aliphatic rings. The molecule has 0 saturated carbocycles. The number of nitrogens with zero attached hydrogens (tertiary/aromatic N) is 1. The Balaban J connectivity index is 3.17. The molecule has 0 saturated heterocycles. The molecule has 0 fully saturated rings. The van der Waals surface area contributed by atoms with Crippen molar-refractivity contribution in [3.05, 3.63) is 53.8 Å². The molecule has 116 valence electrons. The van der Waals surface area contributed by atoms with Gasteiger partial charge in [-0.25, -0.2) is 4.98 Å². The van der Waals surface area contributed by atoms with Gasteiger partial charge in [0, 0.05) is 11.6 Å². The zero-order chi connectivity index (χ0) is 16.0. The molecule has 1 aromatic heterocycles. The molecule has 0 aromatic carbocycles. The molecule has 0 N–H and O–H groups in total. The second-order valence-corrected chi connectivity index (χ2v) is 5.66. The Kier molecular flexibility index (Phi) is 6.60. The minimum Gasteiger partial charge on any atom is -0.497 e. The van der Waals surface area contributed by atoms with Crippen molar-refractivity contribution < 1.29 is 9.13 Å². The molecule has 0 bridgehead atoms. The molecule has 3 heteroatoms. The zero-order valence-corrected chi connectivity index (χ0v) is 13.7. The van der Waals surface area contributed by atoms with E-state index in [9.17, 15) is 4.39 Å². The van der Waals surface area contributed by atoms with Crippen molar-refractivity contribution in [2.45, 2.75) is 40.0 Å². The second kappa shape index (κ2) is 7.96. The van der Waals surface area contributed by atoms with Gasteiger partial charge in [-0.15, -0.1) is 0 Å². The lowest BCUT2D eigenvalue weighted by Crippen LogP contribution is -2.16. The molecule has 3 unspecified atom stereocenters. The fraction of sp³-hybridized carbons (Fsp3) is 0.500. The van der Waals surface area contributed by atoms with Gasteiger partial charge < -0.3 is 4.74 Å². The molecule has 0 aliphatic carbocycles. The highest BCUT2D eigenvalue weighted by Gasteiger charge is 2.22. The van der Waals surface area contributed by atoms with Crippen molar-refractivity contribution >= 4 is 0 Å². The molecule has 0 amide bonds. The topological polar surface area (TPSA) is 22.1 Å². The number of hydrogen-bond donors (Lipinski definition) is 0. The van der Waals surface area contributed by atoms with Crippen LogP contribution < -0.4 is 0 Å². The van der Waals surface area contributed by atoms with E-state index in [1.807, 2.05) is 19.1 Å². The Morgan fingerprint density at radius 2 is 2.10 bits per heavy atom. The predicted octanol–water partition coefficient (Wildman–Crippen LogP) is 5.01. The largest absolute Gasteiger partial charge is 0.497 e.